The van der Waals surface area contributed by atoms with Crippen molar-refractivity contribution in [1.29, 1.82) is 5.53 Å². The Morgan fingerprint density at radius 1 is 1.32 bits per heavy atom. The van der Waals surface area contributed by atoms with E-state index in [1.54, 1.807) is 6.92 Å². The zero-order chi connectivity index (χ0) is 28.0. The zero-order valence-corrected chi connectivity index (χ0v) is 21.9. The minimum atomic E-state index is -2.62. The summed E-state index contributed by atoms with van der Waals surface area (Å²) in [6, 6.07) is 4.69. The highest BCUT2D eigenvalue weighted by atomic mass is 31.1. The molecule has 2 heterocycles. The molecule has 0 amide bonds. The van der Waals surface area contributed by atoms with Crippen molar-refractivity contribution in [3.05, 3.63) is 51.7 Å². The summed E-state index contributed by atoms with van der Waals surface area (Å²) in [6.07, 6.45) is -4.34. The molecule has 0 bridgehead atoms. The van der Waals surface area contributed by atoms with Crippen LogP contribution in [-0.4, -0.2) is 67.8 Å². The topological polar surface area (TPSA) is 222 Å². The standard InChI is InChI=1S/C22H29N6O9P/c1-11-4-5-14(6-12(2)36-20(31)13(3)27-24)7-15(11)8-34-38(33)35-9-16-17(29)18(30)19(37-16)28-10-25-21(23)26-22(28)32/h4-5,7,10,12-13,16-19,24,29-30H,6,8-9H2,1-3H3,(H-,23,26,32)/p+1. The maximum absolute atomic E-state index is 12.3. The number of ether oxygens (including phenoxy) is 2. The number of aryl methyl sites for hydroxylation is 1. The Labute approximate surface area is 218 Å². The molecule has 3 rings (SSSR count). The lowest BCUT2D eigenvalue weighted by Crippen LogP contribution is -2.36. The number of aromatic nitrogens is 3. The van der Waals surface area contributed by atoms with E-state index in [4.69, 9.17) is 29.8 Å². The monoisotopic (exact) mass is 553 g/mol. The predicted molar refractivity (Wildman–Crippen MR) is 130 cm³/mol. The van der Waals surface area contributed by atoms with Gasteiger partial charge < -0.3 is 25.4 Å². The van der Waals surface area contributed by atoms with Crippen molar-refractivity contribution in [2.75, 3.05) is 12.3 Å². The highest BCUT2D eigenvalue weighted by molar-refractivity contribution is 7.33. The van der Waals surface area contributed by atoms with Crippen molar-refractivity contribution in [3.8, 4) is 0 Å². The lowest BCUT2D eigenvalue weighted by molar-refractivity contribution is -0.149. The molecule has 1 aromatic heterocycles. The quantitative estimate of drug-likeness (QED) is 0.164. The molecule has 0 aliphatic carbocycles. The number of rotatable bonds is 12. The smallest absolute Gasteiger partial charge is 0.461 e. The van der Waals surface area contributed by atoms with Gasteiger partial charge in [0.25, 0.3) is 0 Å². The molecule has 1 aliphatic heterocycles. The molecule has 0 saturated carbocycles. The number of aliphatic hydroxyl groups is 2. The summed E-state index contributed by atoms with van der Waals surface area (Å²) < 4.78 is 34.5. The number of esters is 1. The fourth-order valence-corrected chi connectivity index (χ4v) is 4.24. The molecule has 206 valence electrons. The minimum absolute atomic E-state index is 0.0463. The van der Waals surface area contributed by atoms with Crippen molar-refractivity contribution in [2.24, 2.45) is 5.11 Å². The summed E-state index contributed by atoms with van der Waals surface area (Å²) >= 11 is 0. The van der Waals surface area contributed by atoms with Crippen LogP contribution in [-0.2, 0) is 40.9 Å². The molecule has 38 heavy (non-hydrogen) atoms. The molecule has 2 aromatic rings. The number of carbonyl (C=O) groups excluding carboxylic acids is 1. The van der Waals surface area contributed by atoms with E-state index in [2.05, 4.69) is 15.1 Å². The lowest BCUT2D eigenvalue weighted by atomic mass is 10.0. The van der Waals surface area contributed by atoms with Crippen LogP contribution in [0.5, 0.6) is 0 Å². The van der Waals surface area contributed by atoms with E-state index in [0.29, 0.717) is 6.42 Å². The third-order valence-corrected chi connectivity index (χ3v) is 6.52. The van der Waals surface area contributed by atoms with Crippen LogP contribution in [0.2, 0.25) is 0 Å². The van der Waals surface area contributed by atoms with Crippen LogP contribution >= 0.6 is 8.25 Å². The van der Waals surface area contributed by atoms with Gasteiger partial charge in [-0.05, 0) is 37.5 Å². The summed E-state index contributed by atoms with van der Waals surface area (Å²) in [5.74, 6) is -0.834. The molecule has 1 fully saturated rings. The van der Waals surface area contributed by atoms with Crippen molar-refractivity contribution in [2.45, 2.75) is 70.5 Å². The highest BCUT2D eigenvalue weighted by Gasteiger charge is 2.45. The van der Waals surface area contributed by atoms with E-state index in [0.717, 1.165) is 27.6 Å². The summed E-state index contributed by atoms with van der Waals surface area (Å²) in [4.78, 5) is 30.9. The third kappa shape index (κ3) is 7.43. The second-order valence-corrected chi connectivity index (χ2v) is 9.72. The Bertz CT molecular complexity index is 1230. The van der Waals surface area contributed by atoms with E-state index >= 15 is 0 Å². The van der Waals surface area contributed by atoms with Gasteiger partial charge in [-0.1, -0.05) is 18.2 Å². The number of anilines is 1. The van der Waals surface area contributed by atoms with Gasteiger partial charge in [-0.25, -0.2) is 20.1 Å². The average Bonchev–Trinajstić information content (AvgIpc) is 3.15. The van der Waals surface area contributed by atoms with Gasteiger partial charge in [0.1, 0.15) is 44.0 Å². The first-order valence-corrected chi connectivity index (χ1v) is 12.7. The predicted octanol–water partition coefficient (Wildman–Crippen LogP) is 0.933. The molecule has 7 atom stereocenters. The van der Waals surface area contributed by atoms with Crippen LogP contribution in [0, 0.1) is 12.5 Å². The molecule has 1 aromatic carbocycles. The van der Waals surface area contributed by atoms with Gasteiger partial charge in [0.05, 0.1) is 0 Å². The van der Waals surface area contributed by atoms with Crippen LogP contribution < -0.4 is 11.4 Å². The Morgan fingerprint density at radius 2 is 2.05 bits per heavy atom. The number of hydrogen-bond acceptors (Lipinski definition) is 14. The van der Waals surface area contributed by atoms with E-state index in [1.807, 2.05) is 25.1 Å². The van der Waals surface area contributed by atoms with Gasteiger partial charge in [0, 0.05) is 11.0 Å². The molecule has 0 spiro atoms. The van der Waals surface area contributed by atoms with E-state index in [-0.39, 0.29) is 19.2 Å². The number of nitrogens with zero attached hydrogens (tertiary/aromatic N) is 4. The number of hydrogen-bond donors (Lipinski definition) is 4. The van der Waals surface area contributed by atoms with E-state index in [1.165, 1.54) is 6.92 Å². The first-order valence-electron chi connectivity index (χ1n) is 11.6. The van der Waals surface area contributed by atoms with Gasteiger partial charge in [-0.3, -0.25) is 4.57 Å². The molecule has 1 aliphatic rings. The van der Waals surface area contributed by atoms with Gasteiger partial charge in [-0.2, -0.15) is 10.1 Å². The van der Waals surface area contributed by atoms with Crippen molar-refractivity contribution in [1.82, 2.24) is 14.5 Å². The fraction of sp³-hybridized carbons (Fsp3) is 0.545. The first-order chi connectivity index (χ1) is 18.0. The average molecular weight is 553 g/mol. The highest BCUT2D eigenvalue weighted by Crippen LogP contribution is 2.32. The molecule has 7 unspecified atom stereocenters. The number of nitrogen functional groups attached to an aromatic ring is 1. The van der Waals surface area contributed by atoms with E-state index in [9.17, 15) is 24.4 Å². The Hall–Kier alpha value is -3.20. The molecule has 5 N–H and O–H groups in total. The number of nitrogens with two attached hydrogens (primary N) is 1. The molecule has 16 heteroatoms. The van der Waals surface area contributed by atoms with Crippen molar-refractivity contribution < 1.29 is 38.1 Å². The van der Waals surface area contributed by atoms with Gasteiger partial charge in [0.2, 0.25) is 5.95 Å². The van der Waals surface area contributed by atoms with Crippen LogP contribution in [0.15, 0.2) is 34.4 Å². The lowest BCUT2D eigenvalue weighted by Gasteiger charge is -2.16. The summed E-state index contributed by atoms with van der Waals surface area (Å²) in [5, 5.41) is 23.7. The largest absolute Gasteiger partial charge is 0.697 e. The van der Waals surface area contributed by atoms with Gasteiger partial charge in [0.15, 0.2) is 12.3 Å². The SMILES string of the molecule is Cc1ccc(CC(C)OC(=O)C(C)N=N)cc1CO[P+](=O)OCC1OC(n2cnc(N)nc2=O)C(O)C1O. The number of carbonyl (C=O) groups is 1. The summed E-state index contributed by atoms with van der Waals surface area (Å²) in [6.45, 7) is 4.62. The van der Waals surface area contributed by atoms with Crippen LogP contribution in [0.3, 0.4) is 0 Å². The van der Waals surface area contributed by atoms with Crippen LogP contribution in [0.25, 0.3) is 0 Å². The molecular weight excluding hydrogens is 523 g/mol. The second kappa shape index (κ2) is 13.0. The molecule has 15 nitrogen and oxygen atoms in total. The van der Waals surface area contributed by atoms with Crippen LogP contribution in [0.1, 0.15) is 36.8 Å². The Balaban J connectivity index is 1.51. The van der Waals surface area contributed by atoms with E-state index < -0.39 is 56.6 Å². The van der Waals surface area contributed by atoms with Gasteiger partial charge >= 0.3 is 19.9 Å². The molecule has 0 radical (unpaired) electrons. The normalized spacial score (nSPS) is 23.0. The van der Waals surface area contributed by atoms with Crippen LogP contribution in [0.4, 0.5) is 5.95 Å². The molecular formula is C22H30N6O9P+. The maximum atomic E-state index is 12.3. The minimum Gasteiger partial charge on any atom is -0.461 e. The maximum Gasteiger partial charge on any atom is 0.697 e. The molecule has 1 saturated heterocycles. The second-order valence-electron chi connectivity index (χ2n) is 8.76. The Morgan fingerprint density at radius 3 is 2.74 bits per heavy atom. The fourth-order valence-electron chi connectivity index (χ4n) is 3.65. The number of aliphatic hydroxyl groups excluding tert-OH is 2. The van der Waals surface area contributed by atoms with Crippen molar-refractivity contribution in [3.63, 3.8) is 0 Å². The first kappa shape index (κ1) is 29.4. The Kier molecular flexibility index (Phi) is 10.1. The summed E-state index contributed by atoms with van der Waals surface area (Å²) in [5.41, 5.74) is 13.9. The van der Waals surface area contributed by atoms with Gasteiger partial charge in [-0.15, -0.1) is 9.05 Å². The number of benzene rings is 1. The third-order valence-electron chi connectivity index (χ3n) is 5.82. The summed E-state index contributed by atoms with van der Waals surface area (Å²) in [7, 11) is -2.62. The van der Waals surface area contributed by atoms with Crippen molar-refractivity contribution >= 4 is 20.2 Å². The zero-order valence-electron chi connectivity index (χ0n) is 21.0. The number of nitrogens with one attached hydrogen (secondary N) is 1.